The monoisotopic (exact) mass is 346 g/mol. The Morgan fingerprint density at radius 2 is 2.00 bits per heavy atom. The van der Waals surface area contributed by atoms with Gasteiger partial charge in [-0.3, -0.25) is 4.79 Å². The molecule has 25 heavy (non-hydrogen) atoms. The summed E-state index contributed by atoms with van der Waals surface area (Å²) in [4.78, 5) is 11.2. The van der Waals surface area contributed by atoms with E-state index < -0.39 is 12.0 Å². The molecule has 0 fully saturated rings. The maximum atomic E-state index is 13.6. The zero-order valence-corrected chi connectivity index (χ0v) is 14.1. The molecule has 0 aliphatic carbocycles. The van der Waals surface area contributed by atoms with Crippen molar-refractivity contribution in [2.24, 2.45) is 5.73 Å². The van der Waals surface area contributed by atoms with Crippen LogP contribution in [0.1, 0.15) is 40.9 Å². The molecule has 134 valence electrons. The Kier molecular flexibility index (Phi) is 6.50. The van der Waals surface area contributed by atoms with Gasteiger partial charge in [0.05, 0.1) is 11.7 Å². The fourth-order valence-electron chi connectivity index (χ4n) is 2.56. The molecule has 0 aliphatic rings. The Morgan fingerprint density at radius 1 is 1.28 bits per heavy atom. The number of nitrogens with one attached hydrogen (secondary N) is 1. The minimum absolute atomic E-state index is 0.0239. The summed E-state index contributed by atoms with van der Waals surface area (Å²) in [6.45, 7) is 2.22. The van der Waals surface area contributed by atoms with Crippen LogP contribution < -0.4 is 11.1 Å². The number of aliphatic hydroxyl groups excluding tert-OH is 1. The summed E-state index contributed by atoms with van der Waals surface area (Å²) < 4.78 is 13.6. The average molecular weight is 346 g/mol. The molecule has 2 atom stereocenters. The lowest BCUT2D eigenvalue weighted by atomic mass is 10.0. The summed E-state index contributed by atoms with van der Waals surface area (Å²) in [5.74, 6) is -1.18. The van der Waals surface area contributed by atoms with Gasteiger partial charge in [-0.2, -0.15) is 0 Å². The van der Waals surface area contributed by atoms with Gasteiger partial charge in [0, 0.05) is 12.6 Å². The SMILES string of the molecule is CC(CCc1ccccc1F)NCC(O)c1ccc(O)c(C(N)=O)c1. The van der Waals surface area contributed by atoms with E-state index in [9.17, 15) is 19.4 Å². The fraction of sp³-hybridized carbons (Fsp3) is 0.316. The molecule has 1 amide bonds. The van der Waals surface area contributed by atoms with Crippen LogP contribution in [0.15, 0.2) is 42.5 Å². The van der Waals surface area contributed by atoms with Gasteiger partial charge in [-0.1, -0.05) is 24.3 Å². The molecule has 0 bridgehead atoms. The van der Waals surface area contributed by atoms with Crippen molar-refractivity contribution in [1.82, 2.24) is 5.32 Å². The minimum Gasteiger partial charge on any atom is -0.507 e. The van der Waals surface area contributed by atoms with Crippen molar-refractivity contribution in [1.29, 1.82) is 0 Å². The largest absolute Gasteiger partial charge is 0.507 e. The standard InChI is InChI=1S/C19H23FN2O3/c1-12(6-7-13-4-2-3-5-16(13)20)22-11-18(24)14-8-9-17(23)15(10-14)19(21)25/h2-5,8-10,12,18,22-24H,6-7,11H2,1H3,(H2,21,25). The van der Waals surface area contributed by atoms with Gasteiger partial charge >= 0.3 is 0 Å². The summed E-state index contributed by atoms with van der Waals surface area (Å²) in [6, 6.07) is 11.0. The number of carbonyl (C=O) groups excluding carboxylic acids is 1. The number of carbonyl (C=O) groups is 1. The van der Waals surface area contributed by atoms with Crippen molar-refractivity contribution in [2.75, 3.05) is 6.54 Å². The van der Waals surface area contributed by atoms with Gasteiger partial charge in [0.15, 0.2) is 0 Å². The quantitative estimate of drug-likeness (QED) is 0.590. The van der Waals surface area contributed by atoms with Crippen molar-refractivity contribution in [3.63, 3.8) is 0 Å². The van der Waals surface area contributed by atoms with Gasteiger partial charge in [0.1, 0.15) is 11.6 Å². The molecule has 0 saturated heterocycles. The molecule has 0 heterocycles. The zero-order valence-electron chi connectivity index (χ0n) is 14.1. The number of nitrogens with two attached hydrogens (primary N) is 1. The average Bonchev–Trinajstić information content (AvgIpc) is 2.59. The normalized spacial score (nSPS) is 13.4. The summed E-state index contributed by atoms with van der Waals surface area (Å²) in [6.07, 6.45) is 0.465. The molecule has 0 aliphatic heterocycles. The first-order chi connectivity index (χ1) is 11.9. The summed E-state index contributed by atoms with van der Waals surface area (Å²) in [7, 11) is 0. The lowest BCUT2D eigenvalue weighted by molar-refractivity contribution is 0.0997. The number of hydrogen-bond donors (Lipinski definition) is 4. The second kappa shape index (κ2) is 8.60. The highest BCUT2D eigenvalue weighted by Crippen LogP contribution is 2.22. The van der Waals surface area contributed by atoms with Crippen LogP contribution in [0, 0.1) is 5.82 Å². The molecule has 5 nitrogen and oxygen atoms in total. The minimum atomic E-state index is -0.852. The van der Waals surface area contributed by atoms with E-state index in [2.05, 4.69) is 5.32 Å². The van der Waals surface area contributed by atoms with Crippen LogP contribution in [-0.2, 0) is 6.42 Å². The van der Waals surface area contributed by atoms with Gasteiger partial charge in [0.25, 0.3) is 5.91 Å². The van der Waals surface area contributed by atoms with Crippen molar-refractivity contribution in [3.05, 3.63) is 65.0 Å². The van der Waals surface area contributed by atoms with Gasteiger partial charge in [-0.25, -0.2) is 4.39 Å². The first-order valence-electron chi connectivity index (χ1n) is 8.16. The first-order valence-corrected chi connectivity index (χ1v) is 8.16. The molecule has 6 heteroatoms. The third-order valence-corrected chi connectivity index (χ3v) is 4.14. The second-order valence-electron chi connectivity index (χ2n) is 6.10. The molecular formula is C19H23FN2O3. The number of halogens is 1. The van der Waals surface area contributed by atoms with Crippen LogP contribution in [0.25, 0.3) is 0 Å². The molecule has 2 aromatic rings. The molecule has 2 unspecified atom stereocenters. The van der Waals surface area contributed by atoms with Crippen LogP contribution in [0.2, 0.25) is 0 Å². The van der Waals surface area contributed by atoms with Crippen molar-refractivity contribution < 1.29 is 19.4 Å². The number of aromatic hydroxyl groups is 1. The van der Waals surface area contributed by atoms with Gasteiger partial charge in [-0.15, -0.1) is 0 Å². The molecule has 2 rings (SSSR count). The van der Waals surface area contributed by atoms with Crippen LogP contribution in [0.4, 0.5) is 4.39 Å². The molecule has 0 spiro atoms. The topological polar surface area (TPSA) is 95.6 Å². The Bertz CT molecular complexity index is 736. The predicted octanol–water partition coefficient (Wildman–Crippen LogP) is 2.27. The number of aliphatic hydroxyl groups is 1. The first kappa shape index (κ1) is 18.9. The summed E-state index contributed by atoms with van der Waals surface area (Å²) in [5, 5.41) is 23.0. The van der Waals surface area contributed by atoms with E-state index in [1.807, 2.05) is 6.92 Å². The van der Waals surface area contributed by atoms with E-state index in [4.69, 9.17) is 5.73 Å². The molecule has 0 saturated carbocycles. The fourth-order valence-corrected chi connectivity index (χ4v) is 2.56. The molecule has 2 aromatic carbocycles. The van der Waals surface area contributed by atoms with E-state index in [-0.39, 0.29) is 29.7 Å². The van der Waals surface area contributed by atoms with Crippen LogP contribution in [0.5, 0.6) is 5.75 Å². The zero-order chi connectivity index (χ0) is 18.4. The van der Waals surface area contributed by atoms with Crippen molar-refractivity contribution in [2.45, 2.75) is 31.9 Å². The molecule has 5 N–H and O–H groups in total. The number of aryl methyl sites for hydroxylation is 1. The van der Waals surface area contributed by atoms with E-state index >= 15 is 0 Å². The number of rotatable bonds is 8. The third-order valence-electron chi connectivity index (χ3n) is 4.14. The maximum Gasteiger partial charge on any atom is 0.252 e. The Balaban J connectivity index is 1.87. The number of primary amides is 1. The van der Waals surface area contributed by atoms with Crippen LogP contribution >= 0.6 is 0 Å². The van der Waals surface area contributed by atoms with E-state index in [1.54, 1.807) is 18.2 Å². The number of amides is 1. The molecule has 0 aromatic heterocycles. The summed E-state index contributed by atoms with van der Waals surface area (Å²) in [5.41, 5.74) is 6.32. The lowest BCUT2D eigenvalue weighted by Gasteiger charge is -2.18. The highest BCUT2D eigenvalue weighted by molar-refractivity contribution is 5.95. The number of phenols is 1. The highest BCUT2D eigenvalue weighted by Gasteiger charge is 2.14. The summed E-state index contributed by atoms with van der Waals surface area (Å²) >= 11 is 0. The number of benzene rings is 2. The smallest absolute Gasteiger partial charge is 0.252 e. The van der Waals surface area contributed by atoms with E-state index in [0.29, 0.717) is 17.5 Å². The number of hydrogen-bond acceptors (Lipinski definition) is 4. The van der Waals surface area contributed by atoms with Gasteiger partial charge < -0.3 is 21.3 Å². The van der Waals surface area contributed by atoms with Crippen molar-refractivity contribution >= 4 is 5.91 Å². The van der Waals surface area contributed by atoms with Gasteiger partial charge in [0.2, 0.25) is 0 Å². The van der Waals surface area contributed by atoms with Crippen LogP contribution in [0.3, 0.4) is 0 Å². The third kappa shape index (κ3) is 5.27. The van der Waals surface area contributed by atoms with E-state index in [1.165, 1.54) is 24.3 Å². The van der Waals surface area contributed by atoms with Crippen LogP contribution in [-0.4, -0.2) is 28.7 Å². The Labute approximate surface area is 146 Å². The second-order valence-corrected chi connectivity index (χ2v) is 6.10. The molecule has 0 radical (unpaired) electrons. The maximum absolute atomic E-state index is 13.6. The molecular weight excluding hydrogens is 323 g/mol. The highest BCUT2D eigenvalue weighted by atomic mass is 19.1. The van der Waals surface area contributed by atoms with Gasteiger partial charge in [-0.05, 0) is 49.1 Å². The van der Waals surface area contributed by atoms with Crippen molar-refractivity contribution in [3.8, 4) is 5.75 Å². The van der Waals surface area contributed by atoms with E-state index in [0.717, 1.165) is 6.42 Å². The predicted molar refractivity (Wildman–Crippen MR) is 93.8 cm³/mol. The Hall–Kier alpha value is -2.44. The lowest BCUT2D eigenvalue weighted by Crippen LogP contribution is -2.31. The Morgan fingerprint density at radius 3 is 2.68 bits per heavy atom.